The van der Waals surface area contributed by atoms with Gasteiger partial charge < -0.3 is 15.4 Å². The van der Waals surface area contributed by atoms with E-state index in [1.165, 1.54) is 0 Å². The Morgan fingerprint density at radius 1 is 1.31 bits per heavy atom. The zero-order chi connectivity index (χ0) is 11.5. The monoisotopic (exact) mass is 217 g/mol. The van der Waals surface area contributed by atoms with Crippen molar-refractivity contribution in [2.45, 2.75) is 20.0 Å². The molecule has 4 heteroatoms. The van der Waals surface area contributed by atoms with Crippen LogP contribution in [0, 0.1) is 0 Å². The van der Waals surface area contributed by atoms with Crippen LogP contribution in [-0.4, -0.2) is 14.7 Å². The van der Waals surface area contributed by atoms with Crippen LogP contribution in [0.5, 0.6) is 5.75 Å². The summed E-state index contributed by atoms with van der Waals surface area (Å²) in [6.07, 6.45) is 1.80. The number of aromatic hydroxyl groups is 1. The molecule has 0 bridgehead atoms. The molecule has 2 aromatic rings. The molecule has 1 aromatic heterocycles. The molecule has 2 rings (SSSR count). The van der Waals surface area contributed by atoms with Crippen LogP contribution in [0.2, 0.25) is 0 Å². The molecule has 0 atom stereocenters. The summed E-state index contributed by atoms with van der Waals surface area (Å²) in [5.41, 5.74) is 7.65. The number of imidazole rings is 1. The number of nitrogens with two attached hydrogens (primary N) is 1. The maximum atomic E-state index is 9.23. The summed E-state index contributed by atoms with van der Waals surface area (Å²) >= 11 is 0. The first-order valence-electron chi connectivity index (χ1n) is 5.30. The third-order valence-corrected chi connectivity index (χ3v) is 2.59. The lowest BCUT2D eigenvalue weighted by molar-refractivity contribution is 0.475. The number of hydrogen-bond acceptors (Lipinski definition) is 3. The Morgan fingerprint density at radius 3 is 2.56 bits per heavy atom. The molecule has 0 fully saturated rings. The standard InChI is InChI=1S/C12H15N3O/c1-2-15-10(7-13)8-14-12(15)9-3-5-11(16)6-4-9/h3-6,8,16H,2,7,13H2,1H3. The summed E-state index contributed by atoms with van der Waals surface area (Å²) in [6.45, 7) is 3.38. The fourth-order valence-electron chi connectivity index (χ4n) is 1.77. The molecule has 84 valence electrons. The van der Waals surface area contributed by atoms with Crippen molar-refractivity contribution in [3.8, 4) is 17.1 Å². The third kappa shape index (κ3) is 1.79. The van der Waals surface area contributed by atoms with Crippen LogP contribution < -0.4 is 5.73 Å². The van der Waals surface area contributed by atoms with Gasteiger partial charge in [0.15, 0.2) is 0 Å². The molecule has 0 aliphatic rings. The van der Waals surface area contributed by atoms with Gasteiger partial charge >= 0.3 is 0 Å². The van der Waals surface area contributed by atoms with Gasteiger partial charge in [-0.1, -0.05) is 0 Å². The third-order valence-electron chi connectivity index (χ3n) is 2.59. The maximum absolute atomic E-state index is 9.23. The second-order valence-corrected chi connectivity index (χ2v) is 3.57. The minimum absolute atomic E-state index is 0.261. The summed E-state index contributed by atoms with van der Waals surface area (Å²) < 4.78 is 2.08. The predicted octanol–water partition coefficient (Wildman–Crippen LogP) is 1.73. The number of hydrogen-bond donors (Lipinski definition) is 2. The molecular formula is C12H15N3O. The second kappa shape index (κ2) is 4.37. The van der Waals surface area contributed by atoms with Crippen LogP contribution in [0.4, 0.5) is 0 Å². The lowest BCUT2D eigenvalue weighted by Crippen LogP contribution is -2.07. The Balaban J connectivity index is 2.47. The number of phenols is 1. The highest BCUT2D eigenvalue weighted by Gasteiger charge is 2.09. The van der Waals surface area contributed by atoms with E-state index in [4.69, 9.17) is 5.73 Å². The van der Waals surface area contributed by atoms with Crippen LogP contribution in [0.25, 0.3) is 11.4 Å². The number of benzene rings is 1. The maximum Gasteiger partial charge on any atom is 0.140 e. The lowest BCUT2D eigenvalue weighted by Gasteiger charge is -2.08. The fourth-order valence-corrected chi connectivity index (χ4v) is 1.77. The van der Waals surface area contributed by atoms with Crippen molar-refractivity contribution >= 4 is 0 Å². The average Bonchev–Trinajstić information content (AvgIpc) is 2.72. The van der Waals surface area contributed by atoms with E-state index in [0.717, 1.165) is 23.6 Å². The van der Waals surface area contributed by atoms with Gasteiger partial charge in [-0.3, -0.25) is 0 Å². The van der Waals surface area contributed by atoms with Crippen molar-refractivity contribution in [1.29, 1.82) is 0 Å². The number of rotatable bonds is 3. The molecule has 0 unspecified atom stereocenters. The summed E-state index contributed by atoms with van der Waals surface area (Å²) in [5, 5.41) is 9.23. The van der Waals surface area contributed by atoms with Gasteiger partial charge in [0.05, 0.1) is 11.9 Å². The zero-order valence-corrected chi connectivity index (χ0v) is 9.22. The number of phenolic OH excluding ortho intramolecular Hbond substituents is 1. The quantitative estimate of drug-likeness (QED) is 0.823. The van der Waals surface area contributed by atoms with Gasteiger partial charge in [0, 0.05) is 18.7 Å². The van der Waals surface area contributed by atoms with Crippen molar-refractivity contribution in [3.05, 3.63) is 36.2 Å². The minimum Gasteiger partial charge on any atom is -0.508 e. The molecule has 0 spiro atoms. The van der Waals surface area contributed by atoms with Gasteiger partial charge in [-0.2, -0.15) is 0 Å². The Hall–Kier alpha value is -1.81. The zero-order valence-electron chi connectivity index (χ0n) is 9.22. The molecule has 1 heterocycles. The van der Waals surface area contributed by atoms with E-state index in [0.29, 0.717) is 6.54 Å². The first kappa shape index (κ1) is 10.7. The minimum atomic E-state index is 0.261. The summed E-state index contributed by atoms with van der Waals surface area (Å²) in [4.78, 5) is 4.36. The van der Waals surface area contributed by atoms with Crippen molar-refractivity contribution in [3.63, 3.8) is 0 Å². The highest BCUT2D eigenvalue weighted by molar-refractivity contribution is 5.57. The van der Waals surface area contributed by atoms with E-state index in [-0.39, 0.29) is 5.75 Å². The van der Waals surface area contributed by atoms with Gasteiger partial charge in [-0.25, -0.2) is 4.98 Å². The molecule has 0 saturated heterocycles. The van der Waals surface area contributed by atoms with E-state index in [9.17, 15) is 5.11 Å². The van der Waals surface area contributed by atoms with E-state index in [1.807, 2.05) is 12.1 Å². The summed E-state index contributed by atoms with van der Waals surface area (Å²) in [5.74, 6) is 1.15. The van der Waals surface area contributed by atoms with Crippen LogP contribution in [0.3, 0.4) is 0 Å². The van der Waals surface area contributed by atoms with Gasteiger partial charge in [-0.15, -0.1) is 0 Å². The van der Waals surface area contributed by atoms with E-state index in [2.05, 4.69) is 16.5 Å². The Kier molecular flexibility index (Phi) is 2.92. The van der Waals surface area contributed by atoms with Crippen molar-refractivity contribution < 1.29 is 5.11 Å². The number of nitrogens with zero attached hydrogens (tertiary/aromatic N) is 2. The fraction of sp³-hybridized carbons (Fsp3) is 0.250. The molecular weight excluding hydrogens is 202 g/mol. The molecule has 16 heavy (non-hydrogen) atoms. The predicted molar refractivity (Wildman–Crippen MR) is 62.9 cm³/mol. The second-order valence-electron chi connectivity index (χ2n) is 3.57. The van der Waals surface area contributed by atoms with Gasteiger partial charge in [0.1, 0.15) is 11.6 Å². The summed E-state index contributed by atoms with van der Waals surface area (Å²) in [7, 11) is 0. The highest BCUT2D eigenvalue weighted by Crippen LogP contribution is 2.21. The van der Waals surface area contributed by atoms with Gasteiger partial charge in [0.2, 0.25) is 0 Å². The van der Waals surface area contributed by atoms with Crippen molar-refractivity contribution in [2.75, 3.05) is 0 Å². The first-order valence-corrected chi connectivity index (χ1v) is 5.30. The molecule has 0 aliphatic heterocycles. The van der Waals surface area contributed by atoms with Gasteiger partial charge in [0.25, 0.3) is 0 Å². The van der Waals surface area contributed by atoms with E-state index < -0.39 is 0 Å². The molecule has 0 aliphatic carbocycles. The largest absolute Gasteiger partial charge is 0.508 e. The Labute approximate surface area is 94.4 Å². The number of aromatic nitrogens is 2. The molecule has 0 saturated carbocycles. The average molecular weight is 217 g/mol. The highest BCUT2D eigenvalue weighted by atomic mass is 16.3. The first-order chi connectivity index (χ1) is 7.76. The lowest BCUT2D eigenvalue weighted by atomic mass is 10.2. The van der Waals surface area contributed by atoms with Crippen molar-refractivity contribution in [2.24, 2.45) is 5.73 Å². The van der Waals surface area contributed by atoms with E-state index in [1.54, 1.807) is 18.3 Å². The van der Waals surface area contributed by atoms with Crippen LogP contribution in [-0.2, 0) is 13.1 Å². The normalized spacial score (nSPS) is 10.6. The van der Waals surface area contributed by atoms with Gasteiger partial charge in [-0.05, 0) is 31.2 Å². The Bertz CT molecular complexity index is 474. The topological polar surface area (TPSA) is 64.1 Å². The van der Waals surface area contributed by atoms with Crippen LogP contribution >= 0.6 is 0 Å². The molecule has 0 radical (unpaired) electrons. The molecule has 4 nitrogen and oxygen atoms in total. The SMILES string of the molecule is CCn1c(CN)cnc1-c1ccc(O)cc1. The molecule has 1 aromatic carbocycles. The van der Waals surface area contributed by atoms with Crippen LogP contribution in [0.1, 0.15) is 12.6 Å². The molecule has 3 N–H and O–H groups in total. The van der Waals surface area contributed by atoms with E-state index >= 15 is 0 Å². The summed E-state index contributed by atoms with van der Waals surface area (Å²) in [6, 6.07) is 7.02. The Morgan fingerprint density at radius 2 is 2.00 bits per heavy atom. The molecule has 0 amide bonds. The van der Waals surface area contributed by atoms with Crippen molar-refractivity contribution in [1.82, 2.24) is 9.55 Å². The smallest absolute Gasteiger partial charge is 0.140 e. The van der Waals surface area contributed by atoms with Crippen LogP contribution in [0.15, 0.2) is 30.5 Å².